The van der Waals surface area contributed by atoms with Crippen molar-refractivity contribution in [1.29, 1.82) is 0 Å². The number of fused-ring (bicyclic) bond motifs is 1. The standard InChI is InChI=1S/C20H14BrClN4O/c1-11-9-16-18(13-3-5-14(22)6-4-13)25-26(15-7-8-23-17(21)10-15)20(27)19(16)24-12(11)2/h3-10H,1-2H3. The van der Waals surface area contributed by atoms with E-state index < -0.39 is 0 Å². The highest BCUT2D eigenvalue weighted by Crippen LogP contribution is 2.27. The summed E-state index contributed by atoms with van der Waals surface area (Å²) in [4.78, 5) is 21.8. The third-order valence-corrected chi connectivity index (χ3v) is 5.07. The molecule has 0 N–H and O–H groups in total. The maximum absolute atomic E-state index is 13.1. The first-order valence-electron chi connectivity index (χ1n) is 8.23. The molecule has 0 aliphatic rings. The van der Waals surface area contributed by atoms with Gasteiger partial charge in [0.15, 0.2) is 0 Å². The van der Waals surface area contributed by atoms with E-state index in [0.29, 0.717) is 26.5 Å². The Morgan fingerprint density at radius 3 is 2.52 bits per heavy atom. The Balaban J connectivity index is 2.11. The van der Waals surface area contributed by atoms with E-state index in [-0.39, 0.29) is 5.56 Å². The second kappa shape index (κ2) is 6.87. The molecule has 3 heterocycles. The highest BCUT2D eigenvalue weighted by atomic mass is 79.9. The third-order valence-electron chi connectivity index (χ3n) is 4.39. The quantitative estimate of drug-likeness (QED) is 0.416. The number of nitrogens with zero attached hydrogens (tertiary/aromatic N) is 4. The van der Waals surface area contributed by atoms with Gasteiger partial charge in [0, 0.05) is 27.9 Å². The first-order valence-corrected chi connectivity index (χ1v) is 9.40. The molecule has 0 aliphatic carbocycles. The minimum atomic E-state index is -0.274. The van der Waals surface area contributed by atoms with Gasteiger partial charge in [-0.05, 0) is 65.7 Å². The van der Waals surface area contributed by atoms with Gasteiger partial charge in [0.2, 0.25) is 0 Å². The average Bonchev–Trinajstić information content (AvgIpc) is 2.65. The van der Waals surface area contributed by atoms with Crippen molar-refractivity contribution < 1.29 is 0 Å². The summed E-state index contributed by atoms with van der Waals surface area (Å²) in [5, 5.41) is 6.01. The number of hydrogen-bond acceptors (Lipinski definition) is 4. The Hall–Kier alpha value is -2.57. The van der Waals surface area contributed by atoms with Crippen LogP contribution in [0.2, 0.25) is 5.02 Å². The lowest BCUT2D eigenvalue weighted by molar-refractivity contribution is 0.818. The smallest absolute Gasteiger partial charge is 0.265 e. The molecule has 0 amide bonds. The van der Waals surface area contributed by atoms with Crippen molar-refractivity contribution in [1.82, 2.24) is 19.7 Å². The summed E-state index contributed by atoms with van der Waals surface area (Å²) in [6.45, 7) is 3.86. The van der Waals surface area contributed by atoms with Gasteiger partial charge in [-0.25, -0.2) is 9.97 Å². The van der Waals surface area contributed by atoms with Crippen LogP contribution in [0.5, 0.6) is 0 Å². The number of rotatable bonds is 2. The molecule has 0 spiro atoms. The molecule has 0 radical (unpaired) electrons. The molecule has 4 rings (SSSR count). The second-order valence-electron chi connectivity index (χ2n) is 6.20. The number of halogens is 2. The van der Waals surface area contributed by atoms with Crippen LogP contribution in [-0.4, -0.2) is 19.7 Å². The summed E-state index contributed by atoms with van der Waals surface area (Å²) in [5.74, 6) is 0. The Bertz CT molecular complexity index is 1240. The van der Waals surface area contributed by atoms with Gasteiger partial charge in [-0.2, -0.15) is 9.78 Å². The minimum absolute atomic E-state index is 0.274. The second-order valence-corrected chi connectivity index (χ2v) is 7.44. The third kappa shape index (κ3) is 3.26. The maximum atomic E-state index is 13.1. The van der Waals surface area contributed by atoms with E-state index in [0.717, 1.165) is 22.2 Å². The Morgan fingerprint density at radius 1 is 1.07 bits per heavy atom. The molecule has 7 heteroatoms. The molecule has 4 aromatic rings. The molecule has 0 fully saturated rings. The average molecular weight is 442 g/mol. The molecule has 0 aliphatic heterocycles. The summed E-state index contributed by atoms with van der Waals surface area (Å²) < 4.78 is 1.98. The lowest BCUT2D eigenvalue weighted by Crippen LogP contribution is -2.23. The number of pyridine rings is 2. The zero-order chi connectivity index (χ0) is 19.1. The molecule has 0 saturated heterocycles. The van der Waals surface area contributed by atoms with E-state index >= 15 is 0 Å². The van der Waals surface area contributed by atoms with E-state index in [1.165, 1.54) is 4.68 Å². The zero-order valence-corrected chi connectivity index (χ0v) is 16.9. The van der Waals surface area contributed by atoms with Crippen LogP contribution in [-0.2, 0) is 0 Å². The zero-order valence-electron chi connectivity index (χ0n) is 14.6. The van der Waals surface area contributed by atoms with Gasteiger partial charge >= 0.3 is 0 Å². The first-order chi connectivity index (χ1) is 12.9. The fourth-order valence-electron chi connectivity index (χ4n) is 2.87. The van der Waals surface area contributed by atoms with E-state index in [2.05, 4.69) is 31.0 Å². The normalized spacial score (nSPS) is 11.1. The molecule has 0 atom stereocenters. The van der Waals surface area contributed by atoms with Crippen LogP contribution in [0, 0.1) is 13.8 Å². The molecule has 134 valence electrons. The summed E-state index contributed by atoms with van der Waals surface area (Å²) in [6, 6.07) is 12.8. The van der Waals surface area contributed by atoms with Crippen LogP contribution in [0.4, 0.5) is 0 Å². The van der Waals surface area contributed by atoms with E-state index in [9.17, 15) is 4.79 Å². The molecular formula is C20H14BrClN4O. The van der Waals surface area contributed by atoms with Gasteiger partial charge < -0.3 is 0 Å². The Morgan fingerprint density at radius 2 is 1.81 bits per heavy atom. The predicted octanol–water partition coefficient (Wildman–Crippen LogP) is 4.88. The van der Waals surface area contributed by atoms with Crippen LogP contribution >= 0.6 is 27.5 Å². The fraction of sp³-hybridized carbons (Fsp3) is 0.100. The van der Waals surface area contributed by atoms with Gasteiger partial charge in [-0.1, -0.05) is 23.7 Å². The van der Waals surface area contributed by atoms with Crippen LogP contribution in [0.15, 0.2) is 58.1 Å². The monoisotopic (exact) mass is 440 g/mol. The van der Waals surface area contributed by atoms with Crippen molar-refractivity contribution in [3.05, 3.63) is 79.9 Å². The van der Waals surface area contributed by atoms with Crippen molar-refractivity contribution >= 4 is 38.4 Å². The fourth-order valence-corrected chi connectivity index (χ4v) is 3.35. The highest BCUT2D eigenvalue weighted by molar-refractivity contribution is 9.10. The predicted molar refractivity (Wildman–Crippen MR) is 111 cm³/mol. The lowest BCUT2D eigenvalue weighted by atomic mass is 10.1. The Labute approximate surface area is 168 Å². The summed E-state index contributed by atoms with van der Waals surface area (Å²) >= 11 is 9.37. The topological polar surface area (TPSA) is 60.7 Å². The number of benzene rings is 1. The van der Waals surface area contributed by atoms with Crippen molar-refractivity contribution in [3.63, 3.8) is 0 Å². The minimum Gasteiger partial charge on any atom is -0.265 e. The van der Waals surface area contributed by atoms with Crippen molar-refractivity contribution in [3.8, 4) is 16.9 Å². The van der Waals surface area contributed by atoms with Crippen LogP contribution in [0.25, 0.3) is 27.8 Å². The molecule has 5 nitrogen and oxygen atoms in total. The summed E-state index contributed by atoms with van der Waals surface area (Å²) in [5.41, 5.74) is 4.06. The molecule has 3 aromatic heterocycles. The molecule has 0 unspecified atom stereocenters. The SMILES string of the molecule is Cc1cc2c(-c3ccc(Cl)cc3)nn(-c3ccnc(Br)c3)c(=O)c2nc1C. The maximum Gasteiger partial charge on any atom is 0.298 e. The van der Waals surface area contributed by atoms with E-state index in [4.69, 9.17) is 11.6 Å². The molecule has 1 aromatic carbocycles. The van der Waals surface area contributed by atoms with E-state index in [1.54, 1.807) is 30.5 Å². The Kier molecular flexibility index (Phi) is 4.53. The van der Waals surface area contributed by atoms with Gasteiger partial charge in [0.1, 0.15) is 15.8 Å². The van der Waals surface area contributed by atoms with E-state index in [1.807, 2.05) is 32.0 Å². The number of aromatic nitrogens is 4. The van der Waals surface area contributed by atoms with Crippen LogP contribution in [0.1, 0.15) is 11.3 Å². The van der Waals surface area contributed by atoms with Crippen molar-refractivity contribution in [2.24, 2.45) is 0 Å². The number of hydrogen-bond donors (Lipinski definition) is 0. The largest absolute Gasteiger partial charge is 0.298 e. The molecular weight excluding hydrogens is 428 g/mol. The van der Waals surface area contributed by atoms with Gasteiger partial charge in [-0.3, -0.25) is 4.79 Å². The highest BCUT2D eigenvalue weighted by Gasteiger charge is 2.16. The lowest BCUT2D eigenvalue weighted by Gasteiger charge is -2.12. The van der Waals surface area contributed by atoms with Gasteiger partial charge in [-0.15, -0.1) is 0 Å². The van der Waals surface area contributed by atoms with Crippen LogP contribution in [0.3, 0.4) is 0 Å². The van der Waals surface area contributed by atoms with Crippen LogP contribution < -0.4 is 5.56 Å². The molecule has 27 heavy (non-hydrogen) atoms. The molecule has 0 saturated carbocycles. The number of aryl methyl sites for hydroxylation is 2. The van der Waals surface area contributed by atoms with Gasteiger partial charge in [0.25, 0.3) is 5.56 Å². The van der Waals surface area contributed by atoms with Gasteiger partial charge in [0.05, 0.1) is 5.69 Å². The molecule has 0 bridgehead atoms. The first kappa shape index (κ1) is 17.8. The van der Waals surface area contributed by atoms with Crippen molar-refractivity contribution in [2.45, 2.75) is 13.8 Å². The summed E-state index contributed by atoms with van der Waals surface area (Å²) in [6.07, 6.45) is 1.62. The summed E-state index contributed by atoms with van der Waals surface area (Å²) in [7, 11) is 0. The van der Waals surface area contributed by atoms with Crippen molar-refractivity contribution in [2.75, 3.05) is 0 Å².